The first-order valence-corrected chi connectivity index (χ1v) is 11.8. The number of hydrazine groups is 1. The summed E-state index contributed by atoms with van der Waals surface area (Å²) in [4.78, 5) is 29.1. The van der Waals surface area contributed by atoms with Crippen LogP contribution in [0.2, 0.25) is 0 Å². The summed E-state index contributed by atoms with van der Waals surface area (Å²) >= 11 is 0. The van der Waals surface area contributed by atoms with Crippen molar-refractivity contribution >= 4 is 32.9 Å². The molecule has 0 radical (unpaired) electrons. The second kappa shape index (κ2) is 9.49. The number of amides is 2. The van der Waals surface area contributed by atoms with Crippen LogP contribution in [-0.4, -0.2) is 29.8 Å². The van der Waals surface area contributed by atoms with Gasteiger partial charge >= 0.3 is 0 Å². The van der Waals surface area contributed by atoms with Gasteiger partial charge in [0, 0.05) is 24.9 Å². The lowest BCUT2D eigenvalue weighted by Crippen LogP contribution is -2.42. The number of benzene rings is 2. The molecule has 0 saturated heterocycles. The Morgan fingerprint density at radius 3 is 2.50 bits per heavy atom. The van der Waals surface area contributed by atoms with Crippen molar-refractivity contribution in [3.63, 3.8) is 0 Å². The van der Waals surface area contributed by atoms with Crippen LogP contribution in [0.1, 0.15) is 47.1 Å². The summed E-state index contributed by atoms with van der Waals surface area (Å²) in [6.07, 6.45) is 1.26. The first-order valence-electron chi connectivity index (χ1n) is 10.3. The zero-order valence-corrected chi connectivity index (χ0v) is 19.1. The van der Waals surface area contributed by atoms with Gasteiger partial charge in [-0.25, -0.2) is 18.5 Å². The number of carbonyl (C=O) groups excluding carboxylic acids is 2. The molecule has 0 saturated carbocycles. The highest BCUT2D eigenvalue weighted by Crippen LogP contribution is 2.21. The number of aromatic nitrogens is 2. The summed E-state index contributed by atoms with van der Waals surface area (Å²) in [6.45, 7) is 6.47. The number of imidazole rings is 1. The third-order valence-corrected chi connectivity index (χ3v) is 6.00. The van der Waals surface area contributed by atoms with E-state index in [-0.39, 0.29) is 23.1 Å². The summed E-state index contributed by atoms with van der Waals surface area (Å²) in [5.41, 5.74) is 8.52. The summed E-state index contributed by atoms with van der Waals surface area (Å²) in [6, 6.07) is 10.0. The molecule has 0 spiro atoms. The number of hydrogen-bond donors (Lipinski definition) is 3. The molecule has 0 bridgehead atoms. The highest BCUT2D eigenvalue weighted by atomic mass is 32.2. The Hall–Kier alpha value is -3.24. The van der Waals surface area contributed by atoms with Crippen molar-refractivity contribution < 1.29 is 18.0 Å². The zero-order valence-electron chi connectivity index (χ0n) is 18.3. The molecule has 32 heavy (non-hydrogen) atoms. The fourth-order valence-corrected chi connectivity index (χ4v) is 4.08. The third-order valence-electron chi connectivity index (χ3n) is 5.09. The first-order chi connectivity index (χ1) is 15.1. The Morgan fingerprint density at radius 2 is 1.84 bits per heavy atom. The van der Waals surface area contributed by atoms with E-state index in [4.69, 9.17) is 5.14 Å². The van der Waals surface area contributed by atoms with Gasteiger partial charge in [0.25, 0.3) is 5.91 Å². The van der Waals surface area contributed by atoms with E-state index in [9.17, 15) is 18.0 Å². The second-order valence-electron chi connectivity index (χ2n) is 7.70. The second-order valence-corrected chi connectivity index (χ2v) is 9.26. The Balaban J connectivity index is 1.68. The van der Waals surface area contributed by atoms with Crippen molar-refractivity contribution in [2.24, 2.45) is 5.14 Å². The number of nitrogens with zero attached hydrogens (tertiary/aromatic N) is 2. The molecule has 9 nitrogen and oxygen atoms in total. The normalized spacial score (nSPS) is 11.5. The van der Waals surface area contributed by atoms with E-state index in [1.165, 1.54) is 12.1 Å². The van der Waals surface area contributed by atoms with Crippen molar-refractivity contribution in [1.29, 1.82) is 0 Å². The summed E-state index contributed by atoms with van der Waals surface area (Å²) in [5, 5.41) is 5.22. The van der Waals surface area contributed by atoms with Crippen LogP contribution in [0, 0.1) is 13.8 Å². The molecule has 0 aliphatic rings. The lowest BCUT2D eigenvalue weighted by atomic mass is 10.1. The Morgan fingerprint density at radius 1 is 1.09 bits per heavy atom. The van der Waals surface area contributed by atoms with Crippen molar-refractivity contribution in [3.8, 4) is 0 Å². The van der Waals surface area contributed by atoms with Crippen LogP contribution in [0.4, 0.5) is 0 Å². The van der Waals surface area contributed by atoms with Gasteiger partial charge in [-0.3, -0.25) is 20.4 Å². The average Bonchev–Trinajstić information content (AvgIpc) is 3.07. The molecular formula is C22H27N5O4S. The maximum atomic E-state index is 12.3. The van der Waals surface area contributed by atoms with Crippen LogP contribution < -0.4 is 16.0 Å². The molecule has 3 aromatic rings. The fourth-order valence-electron chi connectivity index (χ4n) is 3.55. The highest BCUT2D eigenvalue weighted by molar-refractivity contribution is 7.89. The van der Waals surface area contributed by atoms with E-state index in [1.54, 1.807) is 12.1 Å². The van der Waals surface area contributed by atoms with Crippen LogP contribution in [0.3, 0.4) is 0 Å². The average molecular weight is 458 g/mol. The smallest absolute Gasteiger partial charge is 0.269 e. The molecule has 10 heteroatoms. The van der Waals surface area contributed by atoms with Gasteiger partial charge in [0.2, 0.25) is 15.9 Å². The van der Waals surface area contributed by atoms with Crippen LogP contribution in [-0.2, 0) is 27.8 Å². The maximum absolute atomic E-state index is 12.3. The van der Waals surface area contributed by atoms with Crippen molar-refractivity contribution in [1.82, 2.24) is 20.4 Å². The predicted octanol–water partition coefficient (Wildman–Crippen LogP) is 2.10. The quantitative estimate of drug-likeness (QED) is 0.467. The molecule has 0 unspecified atom stereocenters. The lowest BCUT2D eigenvalue weighted by Gasteiger charge is -2.10. The van der Waals surface area contributed by atoms with E-state index < -0.39 is 10.0 Å². The Labute approximate surface area is 187 Å². The summed E-state index contributed by atoms with van der Waals surface area (Å²) < 4.78 is 25.2. The van der Waals surface area contributed by atoms with E-state index in [0.717, 1.165) is 23.1 Å². The summed E-state index contributed by atoms with van der Waals surface area (Å²) in [5.74, 6) is -0.0858. The largest absolute Gasteiger partial charge is 0.328 e. The molecule has 2 aromatic carbocycles. The van der Waals surface area contributed by atoms with Crippen molar-refractivity contribution in [2.45, 2.75) is 51.5 Å². The molecule has 1 heterocycles. The van der Waals surface area contributed by atoms with Crippen LogP contribution >= 0.6 is 0 Å². The number of rotatable bonds is 7. The SMILES string of the molecule is CCCn1c(CCC(=O)NNC(=O)c2ccc(C)cc2C)nc2cc(S(N)(=O)=O)ccc21. The van der Waals surface area contributed by atoms with Gasteiger partial charge in [-0.1, -0.05) is 24.6 Å². The van der Waals surface area contributed by atoms with Crippen molar-refractivity contribution in [3.05, 3.63) is 58.9 Å². The van der Waals surface area contributed by atoms with Crippen LogP contribution in [0.25, 0.3) is 11.0 Å². The number of sulfonamides is 1. The molecule has 3 rings (SSSR count). The van der Waals surface area contributed by atoms with Gasteiger partial charge in [-0.05, 0) is 50.1 Å². The fraction of sp³-hybridized carbons (Fsp3) is 0.318. The predicted molar refractivity (Wildman–Crippen MR) is 121 cm³/mol. The molecular weight excluding hydrogens is 430 g/mol. The van der Waals surface area contributed by atoms with Crippen LogP contribution in [0.5, 0.6) is 0 Å². The monoisotopic (exact) mass is 457 g/mol. The maximum Gasteiger partial charge on any atom is 0.269 e. The molecule has 2 amide bonds. The minimum atomic E-state index is -3.83. The van der Waals surface area contributed by atoms with Gasteiger partial charge < -0.3 is 4.57 Å². The number of nitrogens with two attached hydrogens (primary N) is 1. The summed E-state index contributed by atoms with van der Waals surface area (Å²) in [7, 11) is -3.83. The highest BCUT2D eigenvalue weighted by Gasteiger charge is 2.16. The van der Waals surface area contributed by atoms with E-state index in [2.05, 4.69) is 15.8 Å². The van der Waals surface area contributed by atoms with E-state index >= 15 is 0 Å². The lowest BCUT2D eigenvalue weighted by molar-refractivity contribution is -0.121. The van der Waals surface area contributed by atoms with E-state index in [0.29, 0.717) is 29.9 Å². The molecule has 0 fully saturated rings. The number of primary sulfonamides is 1. The third kappa shape index (κ3) is 5.32. The van der Waals surface area contributed by atoms with Gasteiger partial charge in [0.05, 0.1) is 15.9 Å². The Bertz CT molecular complexity index is 1280. The molecule has 1 aromatic heterocycles. The van der Waals surface area contributed by atoms with Gasteiger partial charge in [-0.15, -0.1) is 0 Å². The van der Waals surface area contributed by atoms with Crippen LogP contribution in [0.15, 0.2) is 41.3 Å². The van der Waals surface area contributed by atoms with E-state index in [1.807, 2.05) is 37.5 Å². The zero-order chi connectivity index (χ0) is 23.5. The molecule has 170 valence electrons. The minimum Gasteiger partial charge on any atom is -0.328 e. The number of fused-ring (bicyclic) bond motifs is 1. The molecule has 4 N–H and O–H groups in total. The van der Waals surface area contributed by atoms with Gasteiger partial charge in [-0.2, -0.15) is 0 Å². The number of carbonyl (C=O) groups is 2. The number of hydrogen-bond acceptors (Lipinski definition) is 5. The number of nitrogens with one attached hydrogen (secondary N) is 2. The minimum absolute atomic E-state index is 0.00967. The molecule has 0 atom stereocenters. The number of aryl methyl sites for hydroxylation is 4. The van der Waals surface area contributed by atoms with Crippen molar-refractivity contribution in [2.75, 3.05) is 0 Å². The Kier molecular flexibility index (Phi) is 6.95. The topological polar surface area (TPSA) is 136 Å². The molecule has 0 aliphatic heterocycles. The standard InChI is InChI=1S/C22H27N5O4S/c1-4-11-27-19-8-6-16(32(23,30)31)13-18(19)24-20(27)9-10-21(28)25-26-22(29)17-7-5-14(2)12-15(17)3/h5-8,12-13H,4,9-11H2,1-3H3,(H,25,28)(H,26,29)(H2,23,30,31). The van der Waals surface area contributed by atoms with Gasteiger partial charge in [0.15, 0.2) is 0 Å². The van der Waals surface area contributed by atoms with Gasteiger partial charge in [0.1, 0.15) is 5.82 Å². The molecule has 0 aliphatic carbocycles. The first kappa shape index (κ1) is 23.4.